The maximum atomic E-state index is 13.1. The number of carbonyl (C=O) groups is 1. The second-order valence-corrected chi connectivity index (χ2v) is 3.90. The summed E-state index contributed by atoms with van der Waals surface area (Å²) in [5.41, 5.74) is 0.782. The van der Waals surface area contributed by atoms with Crippen LogP contribution in [0.1, 0.15) is 10.5 Å². The lowest BCUT2D eigenvalue weighted by Crippen LogP contribution is -1.94. The second-order valence-electron chi connectivity index (χ2n) is 3.05. The molecule has 1 heterocycles. The van der Waals surface area contributed by atoms with Crippen molar-refractivity contribution < 1.29 is 9.18 Å². The van der Waals surface area contributed by atoms with Crippen molar-refractivity contribution in [1.82, 2.24) is 9.97 Å². The lowest BCUT2D eigenvalue weighted by atomic mass is 10.2. The minimum atomic E-state index is -0.377. The van der Waals surface area contributed by atoms with Gasteiger partial charge in [-0.3, -0.25) is 4.79 Å². The molecule has 0 aliphatic carbocycles. The van der Waals surface area contributed by atoms with Gasteiger partial charge in [-0.15, -0.1) is 0 Å². The zero-order valence-corrected chi connectivity index (χ0v) is 9.61. The van der Waals surface area contributed by atoms with Gasteiger partial charge in [0, 0.05) is 16.2 Å². The Hall–Kier alpha value is -1.62. The van der Waals surface area contributed by atoms with Gasteiger partial charge in [0.15, 0.2) is 12.1 Å². The average molecular weight is 281 g/mol. The number of benzene rings is 1. The molecule has 3 nitrogen and oxygen atoms in total. The van der Waals surface area contributed by atoms with Gasteiger partial charge in [0.1, 0.15) is 11.5 Å². The summed E-state index contributed by atoms with van der Waals surface area (Å²) in [6.07, 6.45) is 2.09. The zero-order valence-electron chi connectivity index (χ0n) is 8.02. The van der Waals surface area contributed by atoms with Crippen LogP contribution < -0.4 is 0 Å². The van der Waals surface area contributed by atoms with Crippen molar-refractivity contribution in [2.75, 3.05) is 0 Å². The molecule has 0 atom stereocenters. The van der Waals surface area contributed by atoms with E-state index in [9.17, 15) is 9.18 Å². The fraction of sp³-hybridized carbons (Fsp3) is 0. The number of halogens is 2. The largest absolute Gasteiger partial charge is 0.296 e. The first-order chi connectivity index (χ1) is 7.70. The molecule has 1 aromatic carbocycles. The number of aldehydes is 1. The van der Waals surface area contributed by atoms with Gasteiger partial charge in [-0.2, -0.15) is 0 Å². The number of carbonyl (C=O) groups excluding carboxylic acids is 1. The Morgan fingerprint density at radius 2 is 2.12 bits per heavy atom. The molecule has 2 aromatic rings. The van der Waals surface area contributed by atoms with Crippen LogP contribution >= 0.6 is 15.9 Å². The fourth-order valence-electron chi connectivity index (χ4n) is 1.24. The SMILES string of the molecule is O=Cc1ccnc(-c2cc(F)ccc2Br)n1. The van der Waals surface area contributed by atoms with Crippen LogP contribution in [0, 0.1) is 5.82 Å². The van der Waals surface area contributed by atoms with Crippen LogP contribution in [0.25, 0.3) is 11.4 Å². The van der Waals surface area contributed by atoms with Crippen LogP contribution in [-0.4, -0.2) is 16.3 Å². The lowest BCUT2D eigenvalue weighted by molar-refractivity contribution is 0.111. The van der Waals surface area contributed by atoms with Gasteiger partial charge in [-0.1, -0.05) is 15.9 Å². The third kappa shape index (κ3) is 2.14. The first-order valence-corrected chi connectivity index (χ1v) is 5.23. The normalized spacial score (nSPS) is 10.1. The zero-order chi connectivity index (χ0) is 11.5. The highest BCUT2D eigenvalue weighted by atomic mass is 79.9. The third-order valence-electron chi connectivity index (χ3n) is 1.97. The van der Waals surface area contributed by atoms with Crippen molar-refractivity contribution in [2.45, 2.75) is 0 Å². The van der Waals surface area contributed by atoms with Gasteiger partial charge < -0.3 is 0 Å². The predicted octanol–water partition coefficient (Wildman–Crippen LogP) is 2.86. The molecule has 0 spiro atoms. The molecular formula is C11H6BrFN2O. The molecule has 0 amide bonds. The molecule has 0 aliphatic rings. The Morgan fingerprint density at radius 3 is 2.88 bits per heavy atom. The van der Waals surface area contributed by atoms with Crippen molar-refractivity contribution >= 4 is 22.2 Å². The number of nitrogens with zero attached hydrogens (tertiary/aromatic N) is 2. The molecule has 0 N–H and O–H groups in total. The molecule has 0 fully saturated rings. The fourth-order valence-corrected chi connectivity index (χ4v) is 1.66. The van der Waals surface area contributed by atoms with E-state index >= 15 is 0 Å². The monoisotopic (exact) mass is 280 g/mol. The summed E-state index contributed by atoms with van der Waals surface area (Å²) >= 11 is 3.28. The maximum Gasteiger partial charge on any atom is 0.168 e. The molecule has 0 bridgehead atoms. The van der Waals surface area contributed by atoms with Gasteiger partial charge in [-0.05, 0) is 24.3 Å². The van der Waals surface area contributed by atoms with Crippen LogP contribution in [0.3, 0.4) is 0 Å². The second kappa shape index (κ2) is 4.49. The molecule has 80 valence electrons. The summed E-state index contributed by atoms with van der Waals surface area (Å²) in [5, 5.41) is 0. The summed E-state index contributed by atoms with van der Waals surface area (Å²) in [5.74, 6) is -0.0609. The molecule has 0 saturated heterocycles. The van der Waals surface area contributed by atoms with E-state index in [2.05, 4.69) is 25.9 Å². The number of rotatable bonds is 2. The highest BCUT2D eigenvalue weighted by molar-refractivity contribution is 9.10. The molecular weight excluding hydrogens is 275 g/mol. The molecule has 2 rings (SSSR count). The van der Waals surface area contributed by atoms with Crippen LogP contribution in [0.15, 0.2) is 34.9 Å². The quantitative estimate of drug-likeness (QED) is 0.795. The highest BCUT2D eigenvalue weighted by Gasteiger charge is 2.08. The van der Waals surface area contributed by atoms with Crippen LogP contribution in [0.2, 0.25) is 0 Å². The number of hydrogen-bond acceptors (Lipinski definition) is 3. The van der Waals surface area contributed by atoms with E-state index in [0.29, 0.717) is 22.1 Å². The summed E-state index contributed by atoms with van der Waals surface area (Å²) < 4.78 is 13.7. The summed E-state index contributed by atoms with van der Waals surface area (Å²) in [6, 6.07) is 5.70. The Bertz CT molecular complexity index is 545. The summed E-state index contributed by atoms with van der Waals surface area (Å²) in [4.78, 5) is 18.5. The first-order valence-electron chi connectivity index (χ1n) is 4.44. The Morgan fingerprint density at radius 1 is 1.31 bits per heavy atom. The summed E-state index contributed by atoms with van der Waals surface area (Å²) in [6.45, 7) is 0. The van der Waals surface area contributed by atoms with E-state index in [1.54, 1.807) is 6.07 Å². The lowest BCUT2D eigenvalue weighted by Gasteiger charge is -2.03. The van der Waals surface area contributed by atoms with Gasteiger partial charge in [0.05, 0.1) is 0 Å². The van der Waals surface area contributed by atoms with E-state index in [1.807, 2.05) is 0 Å². The standard InChI is InChI=1S/C11H6BrFN2O/c12-10-2-1-7(13)5-9(10)11-14-4-3-8(6-16)15-11/h1-6H. The van der Waals surface area contributed by atoms with E-state index in [0.717, 1.165) is 0 Å². The van der Waals surface area contributed by atoms with Crippen molar-refractivity contribution in [1.29, 1.82) is 0 Å². The van der Waals surface area contributed by atoms with Gasteiger partial charge in [0.2, 0.25) is 0 Å². The molecule has 5 heteroatoms. The maximum absolute atomic E-state index is 13.1. The van der Waals surface area contributed by atoms with Crippen molar-refractivity contribution in [3.63, 3.8) is 0 Å². The van der Waals surface area contributed by atoms with Crippen LogP contribution in [0.4, 0.5) is 4.39 Å². The van der Waals surface area contributed by atoms with Crippen molar-refractivity contribution in [3.8, 4) is 11.4 Å². The molecule has 1 aromatic heterocycles. The highest BCUT2D eigenvalue weighted by Crippen LogP contribution is 2.25. The topological polar surface area (TPSA) is 42.9 Å². The van der Waals surface area contributed by atoms with Gasteiger partial charge >= 0.3 is 0 Å². The molecule has 16 heavy (non-hydrogen) atoms. The van der Waals surface area contributed by atoms with Crippen molar-refractivity contribution in [3.05, 3.63) is 46.4 Å². The van der Waals surface area contributed by atoms with Gasteiger partial charge in [-0.25, -0.2) is 14.4 Å². The van der Waals surface area contributed by atoms with Crippen LogP contribution in [-0.2, 0) is 0 Å². The average Bonchev–Trinajstić information content (AvgIpc) is 2.32. The Balaban J connectivity index is 2.57. The smallest absolute Gasteiger partial charge is 0.168 e. The van der Waals surface area contributed by atoms with Crippen molar-refractivity contribution in [2.24, 2.45) is 0 Å². The number of hydrogen-bond donors (Lipinski definition) is 0. The molecule has 0 unspecified atom stereocenters. The minimum absolute atomic E-state index is 0.265. The van der Waals surface area contributed by atoms with E-state index in [4.69, 9.17) is 0 Å². The Labute approximate surface area is 99.5 Å². The van der Waals surface area contributed by atoms with E-state index in [-0.39, 0.29) is 11.5 Å². The number of aromatic nitrogens is 2. The van der Waals surface area contributed by atoms with E-state index in [1.165, 1.54) is 24.4 Å². The minimum Gasteiger partial charge on any atom is -0.296 e. The predicted molar refractivity (Wildman–Crippen MR) is 60.5 cm³/mol. The molecule has 0 saturated carbocycles. The first kappa shape index (κ1) is 10.9. The third-order valence-corrected chi connectivity index (χ3v) is 2.66. The van der Waals surface area contributed by atoms with Crippen LogP contribution in [0.5, 0.6) is 0 Å². The molecule has 0 radical (unpaired) electrons. The Kier molecular flexibility index (Phi) is 3.05. The summed E-state index contributed by atoms with van der Waals surface area (Å²) in [7, 11) is 0. The van der Waals surface area contributed by atoms with Gasteiger partial charge in [0.25, 0.3) is 0 Å². The van der Waals surface area contributed by atoms with E-state index < -0.39 is 0 Å². The molecule has 0 aliphatic heterocycles.